The van der Waals surface area contributed by atoms with E-state index in [-0.39, 0.29) is 42.4 Å². The molecule has 4 aromatic rings. The molecule has 0 amide bonds. The molecule has 201 valence electrons. The fraction of sp³-hybridized carbons (Fsp3) is 0.0909. The van der Waals surface area contributed by atoms with Gasteiger partial charge in [-0.05, 0) is 48.8 Å². The number of anilines is 4. The Bertz CT molecular complexity index is 1020. The van der Waals surface area contributed by atoms with Gasteiger partial charge in [0.2, 0.25) is 0 Å². The van der Waals surface area contributed by atoms with Crippen molar-refractivity contribution in [3.8, 4) is 0 Å². The number of rotatable bonds is 4. The molecule has 4 aromatic carbocycles. The van der Waals surface area contributed by atoms with E-state index in [1.807, 2.05) is 78.6 Å². The minimum atomic E-state index is 0. The third kappa shape index (κ3) is 8.11. The summed E-state index contributed by atoms with van der Waals surface area (Å²) >= 11 is 0. The monoisotopic (exact) mass is 682 g/mol. The van der Waals surface area contributed by atoms with Gasteiger partial charge in [-0.15, -0.1) is 12.4 Å². The molecule has 0 saturated carbocycles. The third-order valence-electron chi connectivity index (χ3n) is 5.57. The molecule has 2 aliphatic heterocycles. The summed E-state index contributed by atoms with van der Waals surface area (Å²) in [6.07, 6.45) is 8.29. The van der Waals surface area contributed by atoms with Crippen molar-refractivity contribution >= 4 is 22.7 Å². The normalized spacial score (nSPS) is 12.8. The first kappa shape index (κ1) is 32.2. The second kappa shape index (κ2) is 16.1. The van der Waals surface area contributed by atoms with Crippen LogP contribution in [0.1, 0.15) is 14.9 Å². The van der Waals surface area contributed by atoms with Crippen molar-refractivity contribution in [2.45, 2.75) is 14.9 Å². The fourth-order valence-electron chi connectivity index (χ4n) is 3.79. The molecule has 6 rings (SSSR count). The number of nitrogens with zero attached hydrogens (tertiary/aromatic N) is 4. The Hall–Kier alpha value is -3.79. The summed E-state index contributed by atoms with van der Waals surface area (Å²) in [4.78, 5) is 8.59. The molecule has 2 aliphatic rings. The number of hydrogen-bond donors (Lipinski definition) is 0. The van der Waals surface area contributed by atoms with E-state index in [9.17, 15) is 0 Å². The van der Waals surface area contributed by atoms with E-state index in [0.29, 0.717) is 0 Å². The molecule has 0 unspecified atom stereocenters. The van der Waals surface area contributed by atoms with Crippen molar-refractivity contribution in [2.24, 2.45) is 0 Å². The van der Waals surface area contributed by atoms with Crippen LogP contribution in [0.25, 0.3) is 0 Å². The van der Waals surface area contributed by atoms with Crippen LogP contribution in [-0.4, -0.2) is 6.67 Å². The maximum atomic E-state index is 3.20. The average molecular weight is 682 g/mol. The molecular formula is C33H37IrN4-3. The summed E-state index contributed by atoms with van der Waals surface area (Å²) in [5.74, 6) is 0. The van der Waals surface area contributed by atoms with Gasteiger partial charge in [0.25, 0.3) is 0 Å². The molecular weight excluding hydrogens is 645 g/mol. The Kier molecular flexibility index (Phi) is 13.7. The van der Waals surface area contributed by atoms with Crippen LogP contribution >= 0.6 is 0 Å². The molecule has 38 heavy (non-hydrogen) atoms. The first-order valence-corrected chi connectivity index (χ1v) is 11.3. The van der Waals surface area contributed by atoms with Crippen LogP contribution in [0, 0.1) is 20.2 Å². The van der Waals surface area contributed by atoms with Crippen LogP contribution in [-0.2, 0) is 20.1 Å². The second-order valence-corrected chi connectivity index (χ2v) is 7.86. The van der Waals surface area contributed by atoms with Crippen LogP contribution in [0.5, 0.6) is 0 Å². The van der Waals surface area contributed by atoms with E-state index in [0.717, 1.165) is 18.0 Å². The average Bonchev–Trinajstić information content (AvgIpc) is 3.62. The van der Waals surface area contributed by atoms with Crippen LogP contribution in [0.2, 0.25) is 0 Å². The van der Waals surface area contributed by atoms with Crippen molar-refractivity contribution in [3.63, 3.8) is 0 Å². The summed E-state index contributed by atoms with van der Waals surface area (Å²) in [6, 6.07) is 42.2. The maximum Gasteiger partial charge on any atom is 0.0989 e. The second-order valence-electron chi connectivity index (χ2n) is 7.86. The maximum absolute atomic E-state index is 3.20. The van der Waals surface area contributed by atoms with E-state index in [1.165, 1.54) is 11.4 Å². The van der Waals surface area contributed by atoms with Gasteiger partial charge >= 0.3 is 0 Å². The third-order valence-corrected chi connectivity index (χ3v) is 5.57. The van der Waals surface area contributed by atoms with E-state index in [4.69, 9.17) is 0 Å². The minimum Gasteiger partial charge on any atom is -0.500 e. The van der Waals surface area contributed by atoms with Crippen molar-refractivity contribution in [2.75, 3.05) is 26.3 Å². The first-order valence-electron chi connectivity index (χ1n) is 11.3. The fourth-order valence-corrected chi connectivity index (χ4v) is 3.79. The Labute approximate surface area is 243 Å². The molecule has 2 heterocycles. The molecule has 4 nitrogen and oxygen atoms in total. The predicted molar refractivity (Wildman–Crippen MR) is 162 cm³/mol. The summed E-state index contributed by atoms with van der Waals surface area (Å²) in [6.45, 7) is 2.91. The number of para-hydroxylation sites is 4. The Balaban J connectivity index is 0.000000344. The molecule has 0 aliphatic carbocycles. The minimum absolute atomic E-state index is 0. The van der Waals surface area contributed by atoms with Gasteiger partial charge in [-0.3, -0.25) is 0 Å². The molecule has 5 heteroatoms. The van der Waals surface area contributed by atoms with E-state index >= 15 is 0 Å². The molecule has 0 aromatic heterocycles. The van der Waals surface area contributed by atoms with Gasteiger partial charge in [-0.2, -0.15) is 30.3 Å². The van der Waals surface area contributed by atoms with Gasteiger partial charge in [0.05, 0.1) is 6.67 Å². The van der Waals surface area contributed by atoms with Gasteiger partial charge in [-0.25, -0.2) is 0 Å². The van der Waals surface area contributed by atoms with E-state index in [2.05, 4.69) is 93.8 Å². The van der Waals surface area contributed by atoms with E-state index < -0.39 is 0 Å². The van der Waals surface area contributed by atoms with Crippen molar-refractivity contribution < 1.29 is 20.1 Å². The zero-order valence-corrected chi connectivity index (χ0v) is 22.6. The molecule has 0 N–H and O–H groups in total. The van der Waals surface area contributed by atoms with Gasteiger partial charge < -0.3 is 27.0 Å². The van der Waals surface area contributed by atoms with Crippen LogP contribution in [0.4, 0.5) is 22.7 Å². The van der Waals surface area contributed by atoms with Crippen LogP contribution in [0.15, 0.2) is 140 Å². The first-order chi connectivity index (χ1) is 16.9. The zero-order chi connectivity index (χ0) is 23.0. The predicted octanol–water partition coefficient (Wildman–Crippen LogP) is 8.57. The Morgan fingerprint density at radius 3 is 1.45 bits per heavy atom. The van der Waals surface area contributed by atoms with Crippen molar-refractivity contribution in [1.29, 1.82) is 0 Å². The van der Waals surface area contributed by atoms with Gasteiger partial charge in [0.1, 0.15) is 0 Å². The standard InChI is InChI=1S/C15H14N2.C15H12N2.2CH4.CH3.Ir/c2*1-3-7-14(8-4-1)16-11-12-17(13-16)15-9-5-2-6-10-15;;;;/h1-12H,13H2;1-9,11-13H;2*1H4;1H3;/q;-2;;;-1;. The van der Waals surface area contributed by atoms with E-state index in [1.54, 1.807) is 0 Å². The summed E-state index contributed by atoms with van der Waals surface area (Å²) < 4.78 is 0. The SMILES string of the molecule is C.C.C1=CN(c2ccccc2)CN1c1ccccc1.[CH3-].[Ir].[c-]1ccccc1N1C=CN(c2ccccc2)[CH-]1. The number of benzene rings is 4. The Morgan fingerprint density at radius 2 is 0.974 bits per heavy atom. The smallest absolute Gasteiger partial charge is 0.0989 e. The molecule has 0 spiro atoms. The molecule has 0 saturated heterocycles. The summed E-state index contributed by atoms with van der Waals surface area (Å²) in [5, 5.41) is 0. The quantitative estimate of drug-likeness (QED) is 0.200. The number of hydrogen-bond acceptors (Lipinski definition) is 4. The molecule has 1 radical (unpaired) electrons. The van der Waals surface area contributed by atoms with Crippen molar-refractivity contribution in [1.82, 2.24) is 0 Å². The molecule has 0 fully saturated rings. The zero-order valence-electron chi connectivity index (χ0n) is 20.2. The largest absolute Gasteiger partial charge is 0.500 e. The summed E-state index contributed by atoms with van der Waals surface area (Å²) in [7, 11) is 0. The van der Waals surface area contributed by atoms with Crippen LogP contribution in [0.3, 0.4) is 0 Å². The molecule has 0 bridgehead atoms. The van der Waals surface area contributed by atoms with Gasteiger partial charge in [0.15, 0.2) is 0 Å². The molecule has 0 atom stereocenters. The topological polar surface area (TPSA) is 13.0 Å². The van der Waals surface area contributed by atoms with Gasteiger partial charge in [-0.1, -0.05) is 69.5 Å². The van der Waals surface area contributed by atoms with Crippen LogP contribution < -0.4 is 19.6 Å². The van der Waals surface area contributed by atoms with Gasteiger partial charge in [0, 0.05) is 49.6 Å². The van der Waals surface area contributed by atoms with Crippen molar-refractivity contribution in [3.05, 3.63) is 160 Å². The Morgan fingerprint density at radius 1 is 0.526 bits per heavy atom. The summed E-state index contributed by atoms with van der Waals surface area (Å²) in [5.41, 5.74) is 4.65.